The molecule has 6 heteroatoms. The topological polar surface area (TPSA) is 66.6 Å². The highest BCUT2D eigenvalue weighted by Gasteiger charge is 2.18. The molecule has 114 valence electrons. The second-order valence-corrected chi connectivity index (χ2v) is 6.15. The Balaban J connectivity index is 2.11. The summed E-state index contributed by atoms with van der Waals surface area (Å²) in [6.45, 7) is 7.11. The number of hydrogen-bond acceptors (Lipinski definition) is 5. The van der Waals surface area contributed by atoms with Crippen LogP contribution in [0.2, 0.25) is 0 Å². The Kier molecular flexibility index (Phi) is 5.14. The maximum atomic E-state index is 10.7. The van der Waals surface area contributed by atoms with Gasteiger partial charge in [-0.25, -0.2) is 4.98 Å². The zero-order valence-corrected chi connectivity index (χ0v) is 13.3. The molecule has 21 heavy (non-hydrogen) atoms. The second kappa shape index (κ2) is 6.87. The predicted molar refractivity (Wildman–Crippen MR) is 82.4 cm³/mol. The molecule has 5 nitrogen and oxygen atoms in total. The minimum absolute atomic E-state index is 0.132. The lowest BCUT2D eigenvalue weighted by molar-refractivity contribution is -0.137. The van der Waals surface area contributed by atoms with Crippen molar-refractivity contribution in [1.82, 2.24) is 9.88 Å². The molecule has 0 aliphatic heterocycles. The maximum Gasteiger partial charge on any atom is 0.304 e. The summed E-state index contributed by atoms with van der Waals surface area (Å²) in [6, 6.07) is 4.20. The van der Waals surface area contributed by atoms with Gasteiger partial charge in [0.05, 0.1) is 17.0 Å². The molecular formula is C15H20N2O3S. The van der Waals surface area contributed by atoms with E-state index in [0.29, 0.717) is 19.0 Å². The van der Waals surface area contributed by atoms with Crippen molar-refractivity contribution in [2.45, 2.75) is 39.8 Å². The Morgan fingerprint density at radius 2 is 2.29 bits per heavy atom. The molecule has 0 unspecified atom stereocenters. The van der Waals surface area contributed by atoms with Crippen LogP contribution in [-0.2, 0) is 11.3 Å². The minimum Gasteiger partial charge on any atom is -0.481 e. The van der Waals surface area contributed by atoms with Gasteiger partial charge < -0.3 is 9.52 Å². The third-order valence-corrected chi connectivity index (χ3v) is 4.18. The number of rotatable bonds is 7. The van der Waals surface area contributed by atoms with E-state index in [-0.39, 0.29) is 12.5 Å². The first-order chi connectivity index (χ1) is 9.97. The molecule has 2 rings (SSSR count). The van der Waals surface area contributed by atoms with Crippen molar-refractivity contribution in [2.75, 3.05) is 6.54 Å². The first-order valence-electron chi connectivity index (χ1n) is 6.93. The lowest BCUT2D eigenvalue weighted by Gasteiger charge is -2.24. The molecule has 0 amide bonds. The van der Waals surface area contributed by atoms with Crippen LogP contribution in [0.3, 0.4) is 0 Å². The first-order valence-corrected chi connectivity index (χ1v) is 7.81. The number of oxazole rings is 1. The third-order valence-electron chi connectivity index (χ3n) is 3.32. The van der Waals surface area contributed by atoms with E-state index in [1.54, 1.807) is 11.3 Å². The fraction of sp³-hybridized carbons (Fsp3) is 0.467. The summed E-state index contributed by atoms with van der Waals surface area (Å²) in [7, 11) is 0. The molecule has 0 saturated carbocycles. The Morgan fingerprint density at radius 1 is 1.52 bits per heavy atom. The van der Waals surface area contributed by atoms with Crippen molar-refractivity contribution in [3.8, 4) is 10.8 Å². The molecule has 0 saturated heterocycles. The number of thiophene rings is 1. The van der Waals surface area contributed by atoms with E-state index in [1.807, 2.05) is 24.4 Å². The summed E-state index contributed by atoms with van der Waals surface area (Å²) in [5.41, 5.74) is 0.873. The summed E-state index contributed by atoms with van der Waals surface area (Å²) in [4.78, 5) is 18.4. The van der Waals surface area contributed by atoms with E-state index in [1.165, 1.54) is 0 Å². The average Bonchev–Trinajstić information content (AvgIpc) is 3.03. The molecule has 0 aliphatic carbocycles. The van der Waals surface area contributed by atoms with Crippen LogP contribution in [0.1, 0.15) is 31.7 Å². The molecule has 2 heterocycles. The summed E-state index contributed by atoms with van der Waals surface area (Å²) >= 11 is 1.59. The van der Waals surface area contributed by atoms with Gasteiger partial charge in [0.15, 0.2) is 0 Å². The summed E-state index contributed by atoms with van der Waals surface area (Å²) in [5, 5.41) is 10.8. The van der Waals surface area contributed by atoms with E-state index in [2.05, 4.69) is 23.7 Å². The molecular weight excluding hydrogens is 288 g/mol. The standard InChI is InChI=1S/C15H20N2O3S/c1-10(2)17(7-6-14(18)19)9-12-11(3)20-15(16-12)13-5-4-8-21-13/h4-5,8,10H,6-7,9H2,1-3H3,(H,18,19). The molecule has 0 spiro atoms. The lowest BCUT2D eigenvalue weighted by Crippen LogP contribution is -2.32. The van der Waals surface area contributed by atoms with Crippen molar-refractivity contribution in [3.63, 3.8) is 0 Å². The van der Waals surface area contributed by atoms with Gasteiger partial charge in [0.2, 0.25) is 5.89 Å². The highest BCUT2D eigenvalue weighted by Crippen LogP contribution is 2.26. The van der Waals surface area contributed by atoms with Gasteiger partial charge in [-0.15, -0.1) is 11.3 Å². The number of carbonyl (C=O) groups is 1. The maximum absolute atomic E-state index is 10.7. The van der Waals surface area contributed by atoms with Crippen molar-refractivity contribution >= 4 is 17.3 Å². The van der Waals surface area contributed by atoms with Crippen molar-refractivity contribution in [3.05, 3.63) is 29.0 Å². The van der Waals surface area contributed by atoms with Gasteiger partial charge >= 0.3 is 5.97 Å². The van der Waals surface area contributed by atoms with Gasteiger partial charge in [0, 0.05) is 19.1 Å². The summed E-state index contributed by atoms with van der Waals surface area (Å²) in [5.74, 6) is 0.649. The molecule has 0 radical (unpaired) electrons. The van der Waals surface area contributed by atoms with Gasteiger partial charge in [-0.2, -0.15) is 0 Å². The fourth-order valence-electron chi connectivity index (χ4n) is 2.03. The van der Waals surface area contributed by atoms with Gasteiger partial charge in [-0.3, -0.25) is 9.69 Å². The number of hydrogen-bond donors (Lipinski definition) is 1. The van der Waals surface area contributed by atoms with Gasteiger partial charge in [-0.05, 0) is 32.2 Å². The quantitative estimate of drug-likeness (QED) is 0.849. The Hall–Kier alpha value is -1.66. The van der Waals surface area contributed by atoms with Crippen LogP contribution < -0.4 is 0 Å². The number of aromatic nitrogens is 1. The van der Waals surface area contributed by atoms with Gasteiger partial charge in [0.1, 0.15) is 5.76 Å². The predicted octanol–water partition coefficient (Wildman–Crippen LogP) is 3.40. The smallest absolute Gasteiger partial charge is 0.304 e. The van der Waals surface area contributed by atoms with Gasteiger partial charge in [0.25, 0.3) is 0 Å². The van der Waals surface area contributed by atoms with E-state index in [0.717, 1.165) is 16.3 Å². The SMILES string of the molecule is Cc1oc(-c2cccs2)nc1CN(CCC(=O)O)C(C)C. The van der Waals surface area contributed by atoms with E-state index in [9.17, 15) is 4.79 Å². The van der Waals surface area contributed by atoms with Crippen molar-refractivity contribution in [2.24, 2.45) is 0 Å². The molecule has 2 aromatic rings. The number of carboxylic acids is 1. The lowest BCUT2D eigenvalue weighted by atomic mass is 10.2. The largest absolute Gasteiger partial charge is 0.481 e. The van der Waals surface area contributed by atoms with E-state index < -0.39 is 5.97 Å². The monoisotopic (exact) mass is 308 g/mol. The summed E-state index contributed by atoms with van der Waals surface area (Å²) < 4.78 is 5.72. The molecule has 0 fully saturated rings. The second-order valence-electron chi connectivity index (χ2n) is 5.21. The Bertz CT molecular complexity index is 590. The molecule has 0 aromatic carbocycles. The number of aliphatic carboxylic acids is 1. The fourth-order valence-corrected chi connectivity index (χ4v) is 2.68. The molecule has 0 aliphatic rings. The highest BCUT2D eigenvalue weighted by molar-refractivity contribution is 7.13. The zero-order chi connectivity index (χ0) is 15.4. The number of nitrogens with zero attached hydrogens (tertiary/aromatic N) is 2. The van der Waals surface area contributed by atoms with Crippen molar-refractivity contribution in [1.29, 1.82) is 0 Å². The summed E-state index contributed by atoms with van der Waals surface area (Å²) in [6.07, 6.45) is 0.132. The third kappa shape index (κ3) is 4.15. The van der Waals surface area contributed by atoms with Crippen LogP contribution >= 0.6 is 11.3 Å². The molecule has 2 aromatic heterocycles. The van der Waals surface area contributed by atoms with Gasteiger partial charge in [-0.1, -0.05) is 6.07 Å². The van der Waals surface area contributed by atoms with Crippen LogP contribution in [0, 0.1) is 6.92 Å². The Labute approximate surface area is 128 Å². The first kappa shape index (κ1) is 15.7. The van der Waals surface area contributed by atoms with Crippen LogP contribution in [0.15, 0.2) is 21.9 Å². The van der Waals surface area contributed by atoms with Crippen molar-refractivity contribution < 1.29 is 14.3 Å². The molecule has 0 bridgehead atoms. The van der Waals surface area contributed by atoms with Crippen LogP contribution in [0.4, 0.5) is 0 Å². The van der Waals surface area contributed by atoms with Crippen LogP contribution in [0.5, 0.6) is 0 Å². The van der Waals surface area contributed by atoms with Crippen LogP contribution in [0.25, 0.3) is 10.8 Å². The Morgan fingerprint density at radius 3 is 2.86 bits per heavy atom. The molecule has 0 atom stereocenters. The van der Waals surface area contributed by atoms with E-state index in [4.69, 9.17) is 9.52 Å². The number of carboxylic acid groups (broad SMARTS) is 1. The van der Waals surface area contributed by atoms with E-state index >= 15 is 0 Å². The normalized spacial score (nSPS) is 11.5. The highest BCUT2D eigenvalue weighted by atomic mass is 32.1. The average molecular weight is 308 g/mol. The number of aryl methyl sites for hydroxylation is 1. The van der Waals surface area contributed by atoms with Crippen LogP contribution in [-0.4, -0.2) is 33.5 Å². The zero-order valence-electron chi connectivity index (χ0n) is 12.5. The minimum atomic E-state index is -0.781. The molecule has 1 N–H and O–H groups in total.